The monoisotopic (exact) mass is 337 g/mol. The average molecular weight is 337 g/mol. The second-order valence-corrected chi connectivity index (χ2v) is 6.72. The Hall–Kier alpha value is -2.29. The standard InChI is InChI=1S/C22H27NO2/c1-2-25-22(24)16-19-12-9-15-21(19)23(20-13-7-4-8-14-20)17-18-10-5-3-6-11-18/h3-8,10-11,13-14,19,21H,2,9,12,15-17H2,1H3/t19-,21-/m1/s1. The molecule has 2 aromatic rings. The Labute approximate surface area is 150 Å². The predicted molar refractivity (Wildman–Crippen MR) is 101 cm³/mol. The second-order valence-electron chi connectivity index (χ2n) is 6.72. The first-order valence-corrected chi connectivity index (χ1v) is 9.29. The smallest absolute Gasteiger partial charge is 0.306 e. The number of para-hydroxylation sites is 1. The summed E-state index contributed by atoms with van der Waals surface area (Å²) in [5.41, 5.74) is 2.53. The first-order chi connectivity index (χ1) is 12.3. The summed E-state index contributed by atoms with van der Waals surface area (Å²) < 4.78 is 5.20. The SMILES string of the molecule is CCOC(=O)C[C@H]1CCC[C@H]1N(Cc1ccccc1)c1ccccc1. The van der Waals surface area contributed by atoms with Gasteiger partial charge in [0.15, 0.2) is 0 Å². The van der Waals surface area contributed by atoms with Crippen LogP contribution in [-0.4, -0.2) is 18.6 Å². The lowest BCUT2D eigenvalue weighted by atomic mass is 9.97. The third-order valence-electron chi connectivity index (χ3n) is 5.04. The minimum Gasteiger partial charge on any atom is -0.466 e. The summed E-state index contributed by atoms with van der Waals surface area (Å²) in [7, 11) is 0. The van der Waals surface area contributed by atoms with E-state index in [0.29, 0.717) is 25.0 Å². The van der Waals surface area contributed by atoms with Gasteiger partial charge in [-0.25, -0.2) is 0 Å². The number of benzene rings is 2. The maximum Gasteiger partial charge on any atom is 0.306 e. The summed E-state index contributed by atoms with van der Waals surface area (Å²) in [6.45, 7) is 3.20. The van der Waals surface area contributed by atoms with E-state index in [2.05, 4.69) is 65.6 Å². The highest BCUT2D eigenvalue weighted by Gasteiger charge is 2.34. The van der Waals surface area contributed by atoms with Crippen molar-refractivity contribution in [2.75, 3.05) is 11.5 Å². The molecule has 25 heavy (non-hydrogen) atoms. The van der Waals surface area contributed by atoms with Crippen molar-refractivity contribution in [2.24, 2.45) is 5.92 Å². The highest BCUT2D eigenvalue weighted by atomic mass is 16.5. The van der Waals surface area contributed by atoms with Crippen LogP contribution in [0.2, 0.25) is 0 Å². The molecular formula is C22H27NO2. The fourth-order valence-electron chi connectivity index (χ4n) is 3.90. The largest absolute Gasteiger partial charge is 0.466 e. The molecule has 1 fully saturated rings. The Morgan fingerprint density at radius 2 is 1.72 bits per heavy atom. The Morgan fingerprint density at radius 3 is 2.40 bits per heavy atom. The van der Waals surface area contributed by atoms with Crippen LogP contribution in [0.25, 0.3) is 0 Å². The molecule has 2 atom stereocenters. The van der Waals surface area contributed by atoms with Crippen LogP contribution in [0.5, 0.6) is 0 Å². The average Bonchev–Trinajstić information content (AvgIpc) is 3.09. The lowest BCUT2D eigenvalue weighted by Crippen LogP contribution is -2.38. The summed E-state index contributed by atoms with van der Waals surface area (Å²) in [6, 6.07) is 21.5. The molecule has 0 saturated heterocycles. The summed E-state index contributed by atoms with van der Waals surface area (Å²) in [4.78, 5) is 14.5. The van der Waals surface area contributed by atoms with Gasteiger partial charge in [0.1, 0.15) is 0 Å². The molecule has 0 spiro atoms. The van der Waals surface area contributed by atoms with Crippen LogP contribution in [0.15, 0.2) is 60.7 Å². The van der Waals surface area contributed by atoms with Crippen molar-refractivity contribution in [3.05, 3.63) is 66.2 Å². The van der Waals surface area contributed by atoms with Crippen molar-refractivity contribution < 1.29 is 9.53 Å². The molecule has 0 heterocycles. The molecule has 3 nitrogen and oxygen atoms in total. The number of nitrogens with zero attached hydrogens (tertiary/aromatic N) is 1. The third kappa shape index (κ3) is 4.62. The molecule has 0 bridgehead atoms. The van der Waals surface area contributed by atoms with Gasteiger partial charge in [0.2, 0.25) is 0 Å². The van der Waals surface area contributed by atoms with Crippen molar-refractivity contribution in [1.82, 2.24) is 0 Å². The van der Waals surface area contributed by atoms with Crippen LogP contribution in [0.3, 0.4) is 0 Å². The zero-order valence-corrected chi connectivity index (χ0v) is 14.9. The van der Waals surface area contributed by atoms with Gasteiger partial charge in [0.05, 0.1) is 13.0 Å². The van der Waals surface area contributed by atoms with E-state index in [9.17, 15) is 4.79 Å². The van der Waals surface area contributed by atoms with E-state index in [4.69, 9.17) is 4.74 Å². The van der Waals surface area contributed by atoms with Crippen molar-refractivity contribution in [1.29, 1.82) is 0 Å². The number of rotatable bonds is 7. The van der Waals surface area contributed by atoms with E-state index in [1.54, 1.807) is 0 Å². The highest BCUT2D eigenvalue weighted by molar-refractivity contribution is 5.70. The number of carbonyl (C=O) groups is 1. The first kappa shape index (κ1) is 17.5. The fraction of sp³-hybridized carbons (Fsp3) is 0.409. The Kier molecular flexibility index (Phi) is 6.10. The maximum absolute atomic E-state index is 12.0. The number of hydrogen-bond donors (Lipinski definition) is 0. The van der Waals surface area contributed by atoms with Crippen molar-refractivity contribution >= 4 is 11.7 Å². The molecule has 132 valence electrons. The quantitative estimate of drug-likeness (QED) is 0.679. The van der Waals surface area contributed by atoms with Crippen LogP contribution in [0.1, 0.15) is 38.2 Å². The summed E-state index contributed by atoms with van der Waals surface area (Å²) in [5, 5.41) is 0. The lowest BCUT2D eigenvalue weighted by molar-refractivity contribution is -0.144. The van der Waals surface area contributed by atoms with E-state index in [1.807, 2.05) is 6.92 Å². The highest BCUT2D eigenvalue weighted by Crippen LogP contribution is 2.36. The zero-order valence-electron chi connectivity index (χ0n) is 14.9. The molecule has 1 aliphatic rings. The molecule has 0 amide bonds. The molecule has 0 radical (unpaired) electrons. The van der Waals surface area contributed by atoms with Gasteiger partial charge in [0, 0.05) is 18.3 Å². The molecule has 0 unspecified atom stereocenters. The van der Waals surface area contributed by atoms with Crippen LogP contribution in [0, 0.1) is 5.92 Å². The van der Waals surface area contributed by atoms with E-state index in [0.717, 1.165) is 19.4 Å². The Morgan fingerprint density at radius 1 is 1.04 bits per heavy atom. The number of ether oxygens (including phenoxy) is 1. The van der Waals surface area contributed by atoms with Gasteiger partial charge >= 0.3 is 5.97 Å². The van der Waals surface area contributed by atoms with Crippen molar-refractivity contribution in [3.8, 4) is 0 Å². The van der Waals surface area contributed by atoms with E-state index < -0.39 is 0 Å². The number of anilines is 1. The van der Waals surface area contributed by atoms with Gasteiger partial charge in [-0.1, -0.05) is 55.0 Å². The summed E-state index contributed by atoms with van der Waals surface area (Å²) >= 11 is 0. The second kappa shape index (κ2) is 8.70. The molecule has 1 aliphatic carbocycles. The van der Waals surface area contributed by atoms with Crippen LogP contribution >= 0.6 is 0 Å². The van der Waals surface area contributed by atoms with E-state index in [1.165, 1.54) is 17.7 Å². The molecule has 0 aliphatic heterocycles. The fourth-order valence-corrected chi connectivity index (χ4v) is 3.90. The van der Waals surface area contributed by atoms with Gasteiger partial charge in [-0.2, -0.15) is 0 Å². The molecule has 3 heteroatoms. The number of hydrogen-bond acceptors (Lipinski definition) is 3. The molecule has 3 rings (SSSR count). The van der Waals surface area contributed by atoms with Gasteiger partial charge in [-0.15, -0.1) is 0 Å². The zero-order chi connectivity index (χ0) is 17.5. The van der Waals surface area contributed by atoms with Gasteiger partial charge in [0.25, 0.3) is 0 Å². The normalized spacial score (nSPS) is 19.6. The van der Waals surface area contributed by atoms with Crippen LogP contribution < -0.4 is 4.90 Å². The van der Waals surface area contributed by atoms with Gasteiger partial charge in [-0.05, 0) is 43.4 Å². The summed E-state index contributed by atoms with van der Waals surface area (Å²) in [6.07, 6.45) is 3.93. The topological polar surface area (TPSA) is 29.5 Å². The van der Waals surface area contributed by atoms with Crippen LogP contribution in [-0.2, 0) is 16.1 Å². The van der Waals surface area contributed by atoms with E-state index >= 15 is 0 Å². The minimum atomic E-state index is -0.0628. The van der Waals surface area contributed by atoms with Crippen LogP contribution in [0.4, 0.5) is 5.69 Å². The first-order valence-electron chi connectivity index (χ1n) is 9.29. The molecule has 0 aromatic heterocycles. The van der Waals surface area contributed by atoms with E-state index in [-0.39, 0.29) is 5.97 Å². The molecule has 1 saturated carbocycles. The molecular weight excluding hydrogens is 310 g/mol. The van der Waals surface area contributed by atoms with Gasteiger partial charge < -0.3 is 9.64 Å². The van der Waals surface area contributed by atoms with Crippen molar-refractivity contribution in [3.63, 3.8) is 0 Å². The predicted octanol–water partition coefficient (Wildman–Crippen LogP) is 4.82. The Bertz CT molecular complexity index is 656. The molecule has 2 aromatic carbocycles. The van der Waals surface area contributed by atoms with Gasteiger partial charge in [-0.3, -0.25) is 4.79 Å². The summed E-state index contributed by atoms with van der Waals surface area (Å²) in [5.74, 6) is 0.301. The van der Waals surface area contributed by atoms with Crippen molar-refractivity contribution in [2.45, 2.75) is 45.2 Å². The molecule has 0 N–H and O–H groups in total. The third-order valence-corrected chi connectivity index (χ3v) is 5.04. The number of esters is 1. The Balaban J connectivity index is 1.81. The number of carbonyl (C=O) groups excluding carboxylic acids is 1. The lowest BCUT2D eigenvalue weighted by Gasteiger charge is -2.35. The minimum absolute atomic E-state index is 0.0628. The maximum atomic E-state index is 12.0.